The van der Waals surface area contributed by atoms with Crippen LogP contribution in [-0.2, 0) is 0 Å². The van der Waals surface area contributed by atoms with Gasteiger partial charge < -0.3 is 24.4 Å². The Morgan fingerprint density at radius 1 is 1.14 bits per heavy atom. The monoisotopic (exact) mass is 503 g/mol. The fourth-order valence-electron chi connectivity index (χ4n) is 3.92. The number of piperazine rings is 1. The highest BCUT2D eigenvalue weighted by Crippen LogP contribution is 2.12. The van der Waals surface area contributed by atoms with Gasteiger partial charge in [0.05, 0.1) is 6.26 Å². The first-order valence-corrected chi connectivity index (χ1v) is 10.2. The maximum atomic E-state index is 12.4. The molecule has 28 heavy (non-hydrogen) atoms. The summed E-state index contributed by atoms with van der Waals surface area (Å²) in [6, 6.07) is 3.47. The highest BCUT2D eigenvalue weighted by atomic mass is 127. The summed E-state index contributed by atoms with van der Waals surface area (Å²) >= 11 is 0. The smallest absolute Gasteiger partial charge is 0.289 e. The van der Waals surface area contributed by atoms with Crippen LogP contribution in [0.5, 0.6) is 0 Å². The van der Waals surface area contributed by atoms with Crippen molar-refractivity contribution in [2.24, 2.45) is 10.9 Å². The van der Waals surface area contributed by atoms with E-state index < -0.39 is 0 Å². The molecule has 0 aliphatic carbocycles. The number of furan rings is 1. The number of rotatable bonds is 5. The molecule has 0 bridgehead atoms. The number of halogens is 1. The van der Waals surface area contributed by atoms with Crippen molar-refractivity contribution in [1.29, 1.82) is 0 Å². The molecule has 2 aliphatic heterocycles. The van der Waals surface area contributed by atoms with Crippen molar-refractivity contribution < 1.29 is 9.21 Å². The second-order valence-electron chi connectivity index (χ2n) is 7.65. The number of aliphatic imine (C=N–C) groups is 1. The molecule has 158 valence electrons. The van der Waals surface area contributed by atoms with Crippen molar-refractivity contribution in [3.63, 3.8) is 0 Å². The Morgan fingerprint density at radius 3 is 2.43 bits per heavy atom. The minimum atomic E-state index is -0.0299. The van der Waals surface area contributed by atoms with Gasteiger partial charge in [0.25, 0.3) is 5.91 Å². The fraction of sp³-hybridized carbons (Fsp3) is 0.700. The predicted molar refractivity (Wildman–Crippen MR) is 122 cm³/mol. The second kappa shape index (κ2) is 11.6. The van der Waals surface area contributed by atoms with Gasteiger partial charge in [-0.3, -0.25) is 9.79 Å². The molecular formula is C20H34IN5O2. The Hall–Kier alpha value is -1.29. The topological polar surface area (TPSA) is 64.3 Å². The third-order valence-electron chi connectivity index (χ3n) is 5.44. The van der Waals surface area contributed by atoms with Gasteiger partial charge in [-0.25, -0.2) is 0 Å². The van der Waals surface area contributed by atoms with Gasteiger partial charge in [-0.1, -0.05) is 13.3 Å². The van der Waals surface area contributed by atoms with Crippen LogP contribution < -0.4 is 5.32 Å². The van der Waals surface area contributed by atoms with Crippen molar-refractivity contribution in [1.82, 2.24) is 20.0 Å². The summed E-state index contributed by atoms with van der Waals surface area (Å²) in [5.41, 5.74) is 0. The zero-order chi connectivity index (χ0) is 19.1. The van der Waals surface area contributed by atoms with Gasteiger partial charge in [-0.15, -0.1) is 24.0 Å². The number of nitrogens with one attached hydrogen (secondary N) is 1. The van der Waals surface area contributed by atoms with Crippen LogP contribution in [0.1, 0.15) is 36.7 Å². The number of guanidine groups is 1. The van der Waals surface area contributed by atoms with Gasteiger partial charge in [-0.2, -0.15) is 0 Å². The quantitative estimate of drug-likeness (QED) is 0.380. The van der Waals surface area contributed by atoms with E-state index in [0.717, 1.165) is 32.1 Å². The molecule has 3 rings (SSSR count). The maximum absolute atomic E-state index is 12.4. The summed E-state index contributed by atoms with van der Waals surface area (Å²) in [6.45, 7) is 9.79. The molecule has 1 unspecified atom stereocenters. The molecule has 1 N–H and O–H groups in total. The van der Waals surface area contributed by atoms with E-state index in [0.29, 0.717) is 24.8 Å². The van der Waals surface area contributed by atoms with Crippen LogP contribution in [0.25, 0.3) is 0 Å². The number of hydrogen-bond donors (Lipinski definition) is 1. The van der Waals surface area contributed by atoms with Crippen LogP contribution >= 0.6 is 24.0 Å². The fourth-order valence-corrected chi connectivity index (χ4v) is 3.92. The van der Waals surface area contributed by atoms with E-state index >= 15 is 0 Å². The number of piperidine rings is 1. The van der Waals surface area contributed by atoms with E-state index in [9.17, 15) is 4.79 Å². The summed E-state index contributed by atoms with van der Waals surface area (Å²) in [4.78, 5) is 23.5. The Labute approximate surface area is 185 Å². The lowest BCUT2D eigenvalue weighted by Gasteiger charge is -2.36. The molecule has 3 heterocycles. The lowest BCUT2D eigenvalue weighted by molar-refractivity contribution is 0.0657. The zero-order valence-electron chi connectivity index (χ0n) is 17.1. The SMILES string of the molecule is CN=C(NCC(C)CN1CCCCC1)N1CCN(C(=O)c2ccco2)CC1.I. The van der Waals surface area contributed by atoms with Gasteiger partial charge in [-0.05, 0) is 44.0 Å². The summed E-state index contributed by atoms with van der Waals surface area (Å²) < 4.78 is 5.23. The molecule has 7 nitrogen and oxygen atoms in total. The summed E-state index contributed by atoms with van der Waals surface area (Å²) in [5.74, 6) is 1.91. The molecule has 1 aromatic rings. The average molecular weight is 503 g/mol. The van der Waals surface area contributed by atoms with Crippen LogP contribution in [0.2, 0.25) is 0 Å². The van der Waals surface area contributed by atoms with Gasteiger partial charge >= 0.3 is 0 Å². The van der Waals surface area contributed by atoms with E-state index in [2.05, 4.69) is 27.0 Å². The highest BCUT2D eigenvalue weighted by molar-refractivity contribution is 14.0. The zero-order valence-corrected chi connectivity index (χ0v) is 19.4. The average Bonchev–Trinajstić information content (AvgIpc) is 3.24. The number of amides is 1. The summed E-state index contributed by atoms with van der Waals surface area (Å²) in [6.07, 6.45) is 5.59. The van der Waals surface area contributed by atoms with E-state index in [4.69, 9.17) is 4.42 Å². The molecule has 1 aromatic heterocycles. The number of nitrogens with zero attached hydrogens (tertiary/aromatic N) is 4. The van der Waals surface area contributed by atoms with Gasteiger partial charge in [0.1, 0.15) is 0 Å². The van der Waals surface area contributed by atoms with Crippen molar-refractivity contribution in [3.05, 3.63) is 24.2 Å². The molecule has 2 aliphatic rings. The minimum absolute atomic E-state index is 0. The lowest BCUT2D eigenvalue weighted by Crippen LogP contribution is -2.54. The van der Waals surface area contributed by atoms with Crippen LogP contribution in [-0.4, -0.2) is 86.0 Å². The Bertz CT molecular complexity index is 608. The Morgan fingerprint density at radius 2 is 1.82 bits per heavy atom. The Balaban J connectivity index is 0.00000280. The van der Waals surface area contributed by atoms with Gasteiger partial charge in [0.2, 0.25) is 0 Å². The number of carbonyl (C=O) groups excluding carboxylic acids is 1. The van der Waals surface area contributed by atoms with Crippen LogP contribution in [0, 0.1) is 5.92 Å². The molecule has 0 saturated carbocycles. The standard InChI is InChI=1S/C20H33N5O2.HI/c1-17(16-23-8-4-3-5-9-23)15-22-20(21-2)25-12-10-24(11-13-25)19(26)18-7-6-14-27-18;/h6-7,14,17H,3-5,8-13,15-16H2,1-2H3,(H,21,22);1H. The summed E-state index contributed by atoms with van der Waals surface area (Å²) in [7, 11) is 1.83. The van der Waals surface area contributed by atoms with Gasteiger partial charge in [0, 0.05) is 46.3 Å². The van der Waals surface area contributed by atoms with Crippen molar-refractivity contribution in [2.75, 3.05) is 59.4 Å². The highest BCUT2D eigenvalue weighted by Gasteiger charge is 2.25. The largest absolute Gasteiger partial charge is 0.459 e. The molecule has 0 aromatic carbocycles. The molecule has 0 spiro atoms. The number of carbonyl (C=O) groups is 1. The molecular weight excluding hydrogens is 469 g/mol. The first kappa shape index (κ1) is 23.0. The molecule has 2 saturated heterocycles. The lowest BCUT2D eigenvalue weighted by atomic mass is 10.1. The van der Waals surface area contributed by atoms with Crippen LogP contribution in [0.15, 0.2) is 27.8 Å². The summed E-state index contributed by atoms with van der Waals surface area (Å²) in [5, 5.41) is 3.53. The van der Waals surface area contributed by atoms with Crippen LogP contribution in [0.4, 0.5) is 0 Å². The van der Waals surface area contributed by atoms with E-state index in [-0.39, 0.29) is 29.9 Å². The minimum Gasteiger partial charge on any atom is -0.459 e. The molecule has 1 atom stereocenters. The normalized spacial score (nSPS) is 19.9. The van der Waals surface area contributed by atoms with E-state index in [1.54, 1.807) is 18.4 Å². The van der Waals surface area contributed by atoms with Crippen molar-refractivity contribution in [2.45, 2.75) is 26.2 Å². The first-order valence-electron chi connectivity index (χ1n) is 10.2. The molecule has 2 fully saturated rings. The van der Waals surface area contributed by atoms with E-state index in [1.165, 1.54) is 32.4 Å². The third-order valence-corrected chi connectivity index (χ3v) is 5.44. The predicted octanol–water partition coefficient (Wildman–Crippen LogP) is 2.35. The van der Waals surface area contributed by atoms with E-state index in [1.807, 2.05) is 11.9 Å². The molecule has 1 amide bonds. The first-order chi connectivity index (χ1) is 13.2. The van der Waals surface area contributed by atoms with Crippen molar-refractivity contribution in [3.8, 4) is 0 Å². The Kier molecular flexibility index (Phi) is 9.57. The van der Waals surface area contributed by atoms with Crippen molar-refractivity contribution >= 4 is 35.8 Å². The second-order valence-corrected chi connectivity index (χ2v) is 7.65. The number of likely N-dealkylation sites (tertiary alicyclic amines) is 1. The number of hydrogen-bond acceptors (Lipinski definition) is 4. The maximum Gasteiger partial charge on any atom is 0.289 e. The van der Waals surface area contributed by atoms with Gasteiger partial charge in [0.15, 0.2) is 11.7 Å². The third kappa shape index (κ3) is 6.37. The van der Waals surface area contributed by atoms with Crippen LogP contribution in [0.3, 0.4) is 0 Å². The molecule has 0 radical (unpaired) electrons. The molecule has 8 heteroatoms.